The van der Waals surface area contributed by atoms with Gasteiger partial charge in [-0.1, -0.05) is 6.07 Å². The van der Waals surface area contributed by atoms with Gasteiger partial charge in [-0.05, 0) is 25.0 Å². The number of rotatable bonds is 11. The van der Waals surface area contributed by atoms with Crippen molar-refractivity contribution in [3.05, 3.63) is 41.0 Å². The Bertz CT molecular complexity index is 1390. The summed E-state index contributed by atoms with van der Waals surface area (Å²) in [5.41, 5.74) is 0.368. The molecule has 16 heteroatoms. The molecule has 0 saturated heterocycles. The molecule has 3 amide bonds. The second-order valence-electron chi connectivity index (χ2n) is 8.37. The van der Waals surface area contributed by atoms with Crippen LogP contribution in [-0.2, 0) is 4.79 Å². The van der Waals surface area contributed by atoms with Crippen LogP contribution in [0.4, 0.5) is 17.2 Å². The number of nitrogens with one attached hydrogen (secondary N) is 4. The number of ether oxygens (including phenoxy) is 1. The summed E-state index contributed by atoms with van der Waals surface area (Å²) in [6, 6.07) is 6.30. The Morgan fingerprint density at radius 1 is 1.13 bits per heavy atom. The van der Waals surface area contributed by atoms with Gasteiger partial charge < -0.3 is 41.1 Å². The van der Waals surface area contributed by atoms with Gasteiger partial charge in [-0.25, -0.2) is 4.98 Å². The normalized spacial score (nSPS) is 12.9. The molecule has 2 heterocycles. The zero-order valence-corrected chi connectivity index (χ0v) is 21.3. The van der Waals surface area contributed by atoms with Gasteiger partial charge in [-0.3, -0.25) is 19.7 Å². The van der Waals surface area contributed by atoms with Crippen LogP contribution in [0.3, 0.4) is 0 Å². The number of carbonyl (C=O) groups excluding carboxylic acids is 3. The van der Waals surface area contributed by atoms with Gasteiger partial charge in [0.2, 0.25) is 5.91 Å². The number of amides is 3. The number of carbonyl (C=O) groups is 3. The number of methoxy groups -OCH3 is 1. The summed E-state index contributed by atoms with van der Waals surface area (Å²) in [5, 5.41) is 54.2. The summed E-state index contributed by atoms with van der Waals surface area (Å²) in [7, 11) is 1.41. The van der Waals surface area contributed by atoms with Crippen molar-refractivity contribution in [2.24, 2.45) is 5.92 Å². The maximum absolute atomic E-state index is 12.6. The number of anilines is 3. The summed E-state index contributed by atoms with van der Waals surface area (Å²) in [6.07, 6.45) is -0.621. The predicted octanol–water partition coefficient (Wildman–Crippen LogP) is -0.259. The monoisotopic (exact) mass is 559 g/mol. The third kappa shape index (κ3) is 7.01. The van der Waals surface area contributed by atoms with Crippen LogP contribution in [0.2, 0.25) is 0 Å². The van der Waals surface area contributed by atoms with Gasteiger partial charge in [0.05, 0.1) is 36.9 Å². The molecule has 1 saturated carbocycles. The van der Waals surface area contributed by atoms with Crippen molar-refractivity contribution in [2.45, 2.75) is 18.9 Å². The van der Waals surface area contributed by atoms with E-state index in [1.165, 1.54) is 19.4 Å². The van der Waals surface area contributed by atoms with Gasteiger partial charge in [0.25, 0.3) is 11.8 Å². The van der Waals surface area contributed by atoms with Gasteiger partial charge >= 0.3 is 6.10 Å². The lowest BCUT2D eigenvalue weighted by Crippen LogP contribution is -2.48. The first-order valence-electron chi connectivity index (χ1n) is 11.6. The van der Waals surface area contributed by atoms with Crippen molar-refractivity contribution in [3.63, 3.8) is 0 Å². The van der Waals surface area contributed by atoms with Crippen LogP contribution in [0.1, 0.15) is 33.0 Å². The molecule has 0 bridgehead atoms. The zero-order valence-electron chi connectivity index (χ0n) is 20.5. The van der Waals surface area contributed by atoms with E-state index in [-0.39, 0.29) is 42.2 Å². The van der Waals surface area contributed by atoms with Gasteiger partial charge in [0, 0.05) is 18.5 Å². The fourth-order valence-electron chi connectivity index (χ4n) is 3.43. The number of nitrogens with zero attached hydrogens (tertiary/aromatic N) is 3. The Kier molecular flexibility index (Phi) is 8.32. The maximum Gasteiger partial charge on any atom is 0.369 e. The predicted molar refractivity (Wildman–Crippen MR) is 137 cm³/mol. The van der Waals surface area contributed by atoms with E-state index >= 15 is 0 Å². The molecule has 2 aromatic heterocycles. The fourth-order valence-corrected chi connectivity index (χ4v) is 4.28. The number of benzene rings is 1. The number of aliphatic hydroxyl groups excluding tert-OH is 1. The first-order chi connectivity index (χ1) is 18.6. The second-order valence-corrected chi connectivity index (χ2v) is 9.40. The SMILES string of the molecule is COc1c(Nc2cc(NC(=O)C3CC3)nnc2C(=O)NC(O)(O)O)cccc1-c1ncc(C(=O)NCCO)s1. The van der Waals surface area contributed by atoms with Crippen LogP contribution in [0.5, 0.6) is 5.75 Å². The highest BCUT2D eigenvalue weighted by atomic mass is 32.1. The average Bonchev–Trinajstić information content (AvgIpc) is 3.63. The quantitative estimate of drug-likeness (QED) is 0.142. The van der Waals surface area contributed by atoms with E-state index in [1.807, 2.05) is 0 Å². The molecule has 0 unspecified atom stereocenters. The minimum atomic E-state index is -3.52. The molecule has 0 radical (unpaired) electrons. The molecule has 15 nitrogen and oxygen atoms in total. The third-order valence-electron chi connectivity index (χ3n) is 5.34. The van der Waals surface area contributed by atoms with E-state index in [1.54, 1.807) is 23.5 Å². The van der Waals surface area contributed by atoms with Crippen LogP contribution in [-0.4, -0.2) is 79.7 Å². The van der Waals surface area contributed by atoms with E-state index in [9.17, 15) is 29.7 Å². The largest absolute Gasteiger partial charge is 0.494 e. The molecular formula is C23H25N7O8S. The Hall–Kier alpha value is -4.22. The smallest absolute Gasteiger partial charge is 0.369 e. The number of aromatic nitrogens is 3. The summed E-state index contributed by atoms with van der Waals surface area (Å²) < 4.78 is 5.60. The minimum absolute atomic E-state index is 0.0171. The summed E-state index contributed by atoms with van der Waals surface area (Å²) in [5.74, 6) is -1.66. The lowest BCUT2D eigenvalue weighted by atomic mass is 10.1. The van der Waals surface area contributed by atoms with Gasteiger partial charge in [0.15, 0.2) is 17.3 Å². The highest BCUT2D eigenvalue weighted by molar-refractivity contribution is 7.17. The molecule has 39 heavy (non-hydrogen) atoms. The van der Waals surface area contributed by atoms with E-state index in [0.29, 0.717) is 21.1 Å². The van der Waals surface area contributed by atoms with Crippen LogP contribution in [0.25, 0.3) is 10.6 Å². The number of hydrogen-bond donors (Lipinski definition) is 8. The third-order valence-corrected chi connectivity index (χ3v) is 6.36. The molecule has 1 aliphatic rings. The van der Waals surface area contributed by atoms with Crippen LogP contribution in [0.15, 0.2) is 30.5 Å². The highest BCUT2D eigenvalue weighted by Crippen LogP contribution is 2.40. The minimum Gasteiger partial charge on any atom is -0.494 e. The molecule has 1 aliphatic carbocycles. The van der Waals surface area contributed by atoms with E-state index in [0.717, 1.165) is 24.2 Å². The van der Waals surface area contributed by atoms with E-state index < -0.39 is 23.6 Å². The van der Waals surface area contributed by atoms with Crippen molar-refractivity contribution >= 4 is 46.3 Å². The van der Waals surface area contributed by atoms with Gasteiger partial charge in [-0.2, -0.15) is 0 Å². The molecule has 0 spiro atoms. The highest BCUT2D eigenvalue weighted by Gasteiger charge is 2.31. The number of aliphatic hydroxyl groups is 4. The van der Waals surface area contributed by atoms with E-state index in [4.69, 9.17) is 9.84 Å². The van der Waals surface area contributed by atoms with Crippen LogP contribution >= 0.6 is 11.3 Å². The average molecular weight is 560 g/mol. The van der Waals surface area contributed by atoms with Crippen molar-refractivity contribution in [3.8, 4) is 16.3 Å². The van der Waals surface area contributed by atoms with Crippen LogP contribution in [0, 0.1) is 5.92 Å². The zero-order chi connectivity index (χ0) is 28.2. The first kappa shape index (κ1) is 27.8. The number of hydrogen-bond acceptors (Lipinski definition) is 13. The molecular weight excluding hydrogens is 534 g/mol. The number of para-hydroxylation sites is 1. The number of thiazole rings is 1. The van der Waals surface area contributed by atoms with Crippen molar-refractivity contribution in [1.82, 2.24) is 25.8 Å². The van der Waals surface area contributed by atoms with Gasteiger partial charge in [-0.15, -0.1) is 21.5 Å². The van der Waals surface area contributed by atoms with Crippen molar-refractivity contribution in [2.75, 3.05) is 30.9 Å². The summed E-state index contributed by atoms with van der Waals surface area (Å²) >= 11 is 1.09. The van der Waals surface area contributed by atoms with Crippen LogP contribution < -0.4 is 26.0 Å². The molecule has 1 aromatic carbocycles. The topological polar surface area (TPSA) is 228 Å². The maximum atomic E-state index is 12.6. The van der Waals surface area contributed by atoms with E-state index in [2.05, 4.69) is 31.1 Å². The Balaban J connectivity index is 1.68. The summed E-state index contributed by atoms with van der Waals surface area (Å²) in [6.45, 7) is -0.109. The van der Waals surface area contributed by atoms with Crippen molar-refractivity contribution < 1.29 is 39.5 Å². The second kappa shape index (κ2) is 11.7. The molecule has 8 N–H and O–H groups in total. The fraction of sp³-hybridized carbons (Fsp3) is 0.304. The Morgan fingerprint density at radius 2 is 1.90 bits per heavy atom. The lowest BCUT2D eigenvalue weighted by Gasteiger charge is -2.18. The molecule has 3 aromatic rings. The molecule has 206 valence electrons. The molecule has 1 fully saturated rings. The standard InChI is InChI=1S/C23H25N7O8S/c1-38-18-12(22-25-10-15(39-22)20(33)24-7-8-31)3-2-4-13(18)26-14-9-16(27-19(32)11-5-6-11)29-30-17(14)21(34)28-23(35,36)37/h2-4,9-11,31,35-37H,5-8H2,1H3,(H,24,33)(H,28,34)(H2,26,27,29,32). The molecule has 0 aliphatic heterocycles. The molecule has 0 atom stereocenters. The first-order valence-corrected chi connectivity index (χ1v) is 12.4. The van der Waals surface area contributed by atoms with Gasteiger partial charge in [0.1, 0.15) is 9.88 Å². The lowest BCUT2D eigenvalue weighted by molar-refractivity contribution is -0.323. The summed E-state index contributed by atoms with van der Waals surface area (Å²) in [4.78, 5) is 41.7. The van der Waals surface area contributed by atoms with Crippen molar-refractivity contribution in [1.29, 1.82) is 0 Å². The molecule has 4 rings (SSSR count). The Labute approximate surface area is 224 Å². The Morgan fingerprint density at radius 3 is 2.56 bits per heavy atom.